The number of ether oxygens (including phenoxy) is 2. The summed E-state index contributed by atoms with van der Waals surface area (Å²) in [6, 6.07) is 15.3. The van der Waals surface area contributed by atoms with E-state index in [-0.39, 0.29) is 11.8 Å². The molecule has 0 spiro atoms. The lowest BCUT2D eigenvalue weighted by molar-refractivity contribution is -0.132. The number of thioether (sulfide) groups is 1. The average Bonchev–Trinajstić information content (AvgIpc) is 3.20. The molecule has 0 bridgehead atoms. The van der Waals surface area contributed by atoms with Crippen LogP contribution in [0.4, 0.5) is 0 Å². The van der Waals surface area contributed by atoms with Gasteiger partial charge in [-0.05, 0) is 18.2 Å². The number of nitrogens with one attached hydrogen (secondary N) is 1. The number of fused-ring (bicyclic) bond motifs is 1. The molecule has 0 unspecified atom stereocenters. The minimum atomic E-state index is -0.162. The predicted molar refractivity (Wildman–Crippen MR) is 125 cm³/mol. The number of carbonyl (C=O) groups is 2. The van der Waals surface area contributed by atoms with E-state index < -0.39 is 0 Å². The Hall–Kier alpha value is -2.97. The van der Waals surface area contributed by atoms with Crippen LogP contribution in [0.2, 0.25) is 0 Å². The van der Waals surface area contributed by atoms with Crippen LogP contribution in [0.3, 0.4) is 0 Å². The summed E-state index contributed by atoms with van der Waals surface area (Å²) >= 11 is 1.56. The number of methoxy groups -OCH3 is 1. The highest BCUT2D eigenvalue weighted by Crippen LogP contribution is 2.30. The Morgan fingerprint density at radius 2 is 1.84 bits per heavy atom. The van der Waals surface area contributed by atoms with Gasteiger partial charge in [-0.15, -0.1) is 11.8 Å². The third-order valence-electron chi connectivity index (χ3n) is 5.46. The van der Waals surface area contributed by atoms with Crippen LogP contribution >= 0.6 is 11.8 Å². The van der Waals surface area contributed by atoms with Crippen LogP contribution < -0.4 is 10.1 Å². The maximum Gasteiger partial charge on any atom is 0.255 e. The van der Waals surface area contributed by atoms with Crippen LogP contribution in [-0.4, -0.2) is 67.0 Å². The van der Waals surface area contributed by atoms with Gasteiger partial charge in [0.15, 0.2) is 0 Å². The molecule has 2 amide bonds. The first kappa shape index (κ1) is 22.2. The molecule has 4 rings (SSSR count). The third kappa shape index (κ3) is 5.08. The molecule has 0 radical (unpaired) electrons. The fraction of sp³-hybridized carbons (Fsp3) is 0.333. The molecule has 8 heteroatoms. The summed E-state index contributed by atoms with van der Waals surface area (Å²) in [6.07, 6.45) is 2.07. The largest absolute Gasteiger partial charge is 0.496 e. The van der Waals surface area contributed by atoms with Crippen molar-refractivity contribution >= 4 is 34.5 Å². The summed E-state index contributed by atoms with van der Waals surface area (Å²) in [5, 5.41) is 4.08. The SMILES string of the molecule is COc1ccccc1C(=O)NCCn1cc(SCC(=O)N2CCOCC2)c2ccccc21. The maximum atomic E-state index is 12.6. The topological polar surface area (TPSA) is 72.8 Å². The lowest BCUT2D eigenvalue weighted by Gasteiger charge is -2.26. The van der Waals surface area contributed by atoms with Gasteiger partial charge >= 0.3 is 0 Å². The van der Waals surface area contributed by atoms with Crippen molar-refractivity contribution in [2.75, 3.05) is 45.7 Å². The molecule has 1 aromatic heterocycles. The van der Waals surface area contributed by atoms with Gasteiger partial charge in [-0.3, -0.25) is 9.59 Å². The fourth-order valence-electron chi connectivity index (χ4n) is 3.77. The molecule has 0 saturated carbocycles. The van der Waals surface area contributed by atoms with Crippen LogP contribution in [-0.2, 0) is 16.1 Å². The van der Waals surface area contributed by atoms with Crippen LogP contribution in [0.25, 0.3) is 10.9 Å². The Kier molecular flexibility index (Phi) is 7.34. The van der Waals surface area contributed by atoms with Crippen molar-refractivity contribution in [1.82, 2.24) is 14.8 Å². The Labute approximate surface area is 191 Å². The molecule has 168 valence electrons. The molecule has 2 aromatic carbocycles. The van der Waals surface area contributed by atoms with Crippen molar-refractivity contribution < 1.29 is 19.1 Å². The van der Waals surface area contributed by atoms with Crippen LogP contribution in [0.1, 0.15) is 10.4 Å². The van der Waals surface area contributed by atoms with Gasteiger partial charge in [0, 0.05) is 48.2 Å². The molecule has 3 aromatic rings. The van der Waals surface area contributed by atoms with Crippen molar-refractivity contribution in [2.24, 2.45) is 0 Å². The van der Waals surface area contributed by atoms with Crippen molar-refractivity contribution in [3.05, 3.63) is 60.3 Å². The summed E-state index contributed by atoms with van der Waals surface area (Å²) in [7, 11) is 1.56. The molecule has 7 nitrogen and oxygen atoms in total. The molecule has 1 aliphatic heterocycles. The zero-order valence-electron chi connectivity index (χ0n) is 18.1. The monoisotopic (exact) mass is 453 g/mol. The quantitative estimate of drug-likeness (QED) is 0.531. The van der Waals surface area contributed by atoms with Gasteiger partial charge in [0.1, 0.15) is 5.75 Å². The highest BCUT2D eigenvalue weighted by Gasteiger charge is 2.18. The van der Waals surface area contributed by atoms with Crippen molar-refractivity contribution in [3.63, 3.8) is 0 Å². The van der Waals surface area contributed by atoms with Gasteiger partial charge in [-0.2, -0.15) is 0 Å². The Morgan fingerprint density at radius 3 is 2.66 bits per heavy atom. The molecular formula is C24H27N3O4S. The maximum absolute atomic E-state index is 12.6. The van der Waals surface area contributed by atoms with E-state index in [9.17, 15) is 9.59 Å². The summed E-state index contributed by atoms with van der Waals surface area (Å²) in [5.74, 6) is 0.933. The van der Waals surface area contributed by atoms with Gasteiger partial charge < -0.3 is 24.3 Å². The second kappa shape index (κ2) is 10.6. The Balaban J connectivity index is 1.40. The second-order valence-electron chi connectivity index (χ2n) is 7.44. The normalized spacial score (nSPS) is 13.8. The number of carbonyl (C=O) groups excluding carboxylic acids is 2. The second-order valence-corrected chi connectivity index (χ2v) is 8.46. The minimum Gasteiger partial charge on any atom is -0.496 e. The first-order chi connectivity index (χ1) is 15.7. The number of hydrogen-bond donors (Lipinski definition) is 1. The first-order valence-electron chi connectivity index (χ1n) is 10.6. The van der Waals surface area contributed by atoms with E-state index in [1.165, 1.54) is 0 Å². The minimum absolute atomic E-state index is 0.138. The van der Waals surface area contributed by atoms with E-state index >= 15 is 0 Å². The molecule has 1 N–H and O–H groups in total. The van der Waals surface area contributed by atoms with E-state index in [1.807, 2.05) is 29.2 Å². The number of benzene rings is 2. The number of amides is 2. The highest BCUT2D eigenvalue weighted by atomic mass is 32.2. The van der Waals surface area contributed by atoms with E-state index in [2.05, 4.69) is 28.2 Å². The molecule has 2 heterocycles. The van der Waals surface area contributed by atoms with Crippen LogP contribution in [0.15, 0.2) is 59.6 Å². The molecule has 1 fully saturated rings. The van der Waals surface area contributed by atoms with Gasteiger partial charge in [0.2, 0.25) is 5.91 Å². The highest BCUT2D eigenvalue weighted by molar-refractivity contribution is 8.00. The zero-order valence-corrected chi connectivity index (χ0v) is 18.9. The summed E-state index contributed by atoms with van der Waals surface area (Å²) in [6.45, 7) is 3.64. The summed E-state index contributed by atoms with van der Waals surface area (Å²) < 4.78 is 12.7. The summed E-state index contributed by atoms with van der Waals surface area (Å²) in [4.78, 5) is 28.0. The van der Waals surface area contributed by atoms with Crippen molar-refractivity contribution in [1.29, 1.82) is 0 Å². The van der Waals surface area contributed by atoms with E-state index in [0.29, 0.717) is 56.5 Å². The fourth-order valence-corrected chi connectivity index (χ4v) is 4.77. The molecule has 0 atom stereocenters. The van der Waals surface area contributed by atoms with Gasteiger partial charge in [0.05, 0.1) is 31.6 Å². The summed E-state index contributed by atoms with van der Waals surface area (Å²) in [5.41, 5.74) is 1.60. The molecular weight excluding hydrogens is 426 g/mol. The van der Waals surface area contributed by atoms with Crippen molar-refractivity contribution in [2.45, 2.75) is 11.4 Å². The Bertz CT molecular complexity index is 1090. The van der Waals surface area contributed by atoms with E-state index in [1.54, 1.807) is 31.0 Å². The molecule has 1 aliphatic rings. The smallest absolute Gasteiger partial charge is 0.255 e. The number of aromatic nitrogens is 1. The number of morpholine rings is 1. The number of nitrogens with zero attached hydrogens (tertiary/aromatic N) is 2. The number of hydrogen-bond acceptors (Lipinski definition) is 5. The molecule has 0 aliphatic carbocycles. The van der Waals surface area contributed by atoms with E-state index in [0.717, 1.165) is 15.8 Å². The average molecular weight is 454 g/mol. The Morgan fingerprint density at radius 1 is 1.09 bits per heavy atom. The van der Waals surface area contributed by atoms with Gasteiger partial charge in [0.25, 0.3) is 5.91 Å². The molecule has 32 heavy (non-hydrogen) atoms. The van der Waals surface area contributed by atoms with Gasteiger partial charge in [-0.25, -0.2) is 0 Å². The lowest BCUT2D eigenvalue weighted by atomic mass is 10.2. The third-order valence-corrected chi connectivity index (χ3v) is 6.48. The number of para-hydroxylation sites is 2. The van der Waals surface area contributed by atoms with E-state index in [4.69, 9.17) is 9.47 Å². The van der Waals surface area contributed by atoms with Crippen LogP contribution in [0.5, 0.6) is 5.75 Å². The standard InChI is InChI=1S/C24H27N3O4S/c1-30-21-9-5-3-7-19(21)24(29)25-10-11-27-16-22(18-6-2-4-8-20(18)27)32-17-23(28)26-12-14-31-15-13-26/h2-9,16H,10-15,17H2,1H3,(H,25,29). The first-order valence-corrected chi connectivity index (χ1v) is 11.6. The predicted octanol–water partition coefficient (Wildman–Crippen LogP) is 3.03. The van der Waals surface area contributed by atoms with Crippen LogP contribution in [0, 0.1) is 0 Å². The van der Waals surface area contributed by atoms with Gasteiger partial charge in [-0.1, -0.05) is 30.3 Å². The van der Waals surface area contributed by atoms with Crippen molar-refractivity contribution in [3.8, 4) is 5.75 Å². The molecule has 1 saturated heterocycles. The number of rotatable bonds is 8. The zero-order chi connectivity index (χ0) is 22.3. The lowest BCUT2D eigenvalue weighted by Crippen LogP contribution is -2.41.